The summed E-state index contributed by atoms with van der Waals surface area (Å²) in [7, 11) is 0. The molecule has 6 nitrogen and oxygen atoms in total. The summed E-state index contributed by atoms with van der Waals surface area (Å²) < 4.78 is 6.14. The molecular formula is C17H17N3O3S. The van der Waals surface area contributed by atoms with E-state index in [1.54, 1.807) is 24.5 Å². The van der Waals surface area contributed by atoms with Gasteiger partial charge in [-0.05, 0) is 37.3 Å². The molecule has 0 fully saturated rings. The number of hydrogen-bond donors (Lipinski definition) is 2. The van der Waals surface area contributed by atoms with Crippen LogP contribution in [0.3, 0.4) is 0 Å². The Labute approximate surface area is 142 Å². The molecule has 124 valence electrons. The van der Waals surface area contributed by atoms with Gasteiger partial charge in [0.05, 0.1) is 16.5 Å². The van der Waals surface area contributed by atoms with Crippen LogP contribution in [0.1, 0.15) is 30.0 Å². The van der Waals surface area contributed by atoms with E-state index >= 15 is 0 Å². The summed E-state index contributed by atoms with van der Waals surface area (Å²) >= 11 is 1.34. The van der Waals surface area contributed by atoms with E-state index in [1.165, 1.54) is 18.3 Å². The summed E-state index contributed by atoms with van der Waals surface area (Å²) in [6.07, 6.45) is 2.25. The number of hydrogen-bond acceptors (Lipinski definition) is 5. The number of nitrogens with zero attached hydrogens (tertiary/aromatic N) is 1. The Balaban J connectivity index is 1.71. The van der Waals surface area contributed by atoms with Crippen molar-refractivity contribution < 1.29 is 14.0 Å². The van der Waals surface area contributed by atoms with Crippen molar-refractivity contribution in [1.82, 2.24) is 10.3 Å². The average Bonchev–Trinajstić information content (AvgIpc) is 3.14. The lowest BCUT2D eigenvalue weighted by atomic mass is 10.1. The van der Waals surface area contributed by atoms with E-state index in [0.29, 0.717) is 17.1 Å². The van der Waals surface area contributed by atoms with Crippen LogP contribution >= 0.6 is 11.3 Å². The topological polar surface area (TPSA) is 84.2 Å². The normalized spacial score (nSPS) is 12.1. The minimum Gasteiger partial charge on any atom is -0.469 e. The number of amides is 2. The van der Waals surface area contributed by atoms with Crippen LogP contribution in [0.15, 0.2) is 41.0 Å². The molecule has 7 heteroatoms. The highest BCUT2D eigenvalue weighted by Crippen LogP contribution is 2.26. The van der Waals surface area contributed by atoms with E-state index in [0.717, 1.165) is 16.0 Å². The van der Waals surface area contributed by atoms with Gasteiger partial charge in [-0.3, -0.25) is 9.59 Å². The van der Waals surface area contributed by atoms with E-state index in [4.69, 9.17) is 4.42 Å². The molecule has 24 heavy (non-hydrogen) atoms. The van der Waals surface area contributed by atoms with Crippen LogP contribution in [-0.4, -0.2) is 22.8 Å². The van der Waals surface area contributed by atoms with E-state index in [9.17, 15) is 9.59 Å². The molecule has 0 radical (unpaired) electrons. The van der Waals surface area contributed by atoms with Gasteiger partial charge in [-0.25, -0.2) is 4.98 Å². The number of thiazole rings is 1. The van der Waals surface area contributed by atoms with Crippen LogP contribution in [0.5, 0.6) is 0 Å². The Hall–Kier alpha value is -2.67. The lowest BCUT2D eigenvalue weighted by Gasteiger charge is -2.12. The summed E-state index contributed by atoms with van der Waals surface area (Å²) in [6, 6.07) is 8.96. The fraction of sp³-hybridized carbons (Fsp3) is 0.235. The van der Waals surface area contributed by atoms with Crippen LogP contribution < -0.4 is 10.6 Å². The zero-order valence-electron chi connectivity index (χ0n) is 13.3. The fourth-order valence-electron chi connectivity index (χ4n) is 2.36. The smallest absolute Gasteiger partial charge is 0.251 e. The number of carbonyl (C=O) groups excluding carboxylic acids is 2. The second kappa shape index (κ2) is 6.84. The van der Waals surface area contributed by atoms with Gasteiger partial charge >= 0.3 is 0 Å². The first kappa shape index (κ1) is 16.2. The first-order valence-electron chi connectivity index (χ1n) is 7.52. The molecule has 0 aliphatic carbocycles. The van der Waals surface area contributed by atoms with Crippen molar-refractivity contribution in [1.29, 1.82) is 0 Å². The third-order valence-corrected chi connectivity index (χ3v) is 4.33. The third kappa shape index (κ3) is 3.80. The summed E-state index contributed by atoms with van der Waals surface area (Å²) in [5.74, 6) is 0.518. The predicted molar refractivity (Wildman–Crippen MR) is 93.3 cm³/mol. The lowest BCUT2D eigenvalue weighted by Crippen LogP contribution is -2.33. The Morgan fingerprint density at radius 1 is 1.33 bits per heavy atom. The number of anilines is 1. The highest BCUT2D eigenvalue weighted by molar-refractivity contribution is 7.22. The van der Waals surface area contributed by atoms with Gasteiger partial charge in [0.25, 0.3) is 5.91 Å². The highest BCUT2D eigenvalue weighted by Gasteiger charge is 2.13. The largest absolute Gasteiger partial charge is 0.469 e. The maximum atomic E-state index is 12.4. The summed E-state index contributed by atoms with van der Waals surface area (Å²) in [6.45, 7) is 3.37. The number of fused-ring (bicyclic) bond motifs is 1. The van der Waals surface area contributed by atoms with Crippen LogP contribution in [0.25, 0.3) is 10.2 Å². The Morgan fingerprint density at radius 2 is 2.17 bits per heavy atom. The molecule has 1 aromatic carbocycles. The van der Waals surface area contributed by atoms with Crippen molar-refractivity contribution >= 4 is 38.5 Å². The first-order chi connectivity index (χ1) is 11.5. The number of furan rings is 1. The Kier molecular flexibility index (Phi) is 4.61. The lowest BCUT2D eigenvalue weighted by molar-refractivity contribution is -0.114. The molecule has 2 N–H and O–H groups in total. The molecule has 3 aromatic rings. The minimum atomic E-state index is -0.168. The van der Waals surface area contributed by atoms with Crippen LogP contribution in [0, 0.1) is 0 Å². The van der Waals surface area contributed by atoms with Gasteiger partial charge in [0, 0.05) is 24.9 Å². The number of rotatable bonds is 5. The second-order valence-electron chi connectivity index (χ2n) is 5.54. The van der Waals surface area contributed by atoms with Gasteiger partial charge in [0.2, 0.25) is 5.91 Å². The maximum Gasteiger partial charge on any atom is 0.251 e. The van der Waals surface area contributed by atoms with Gasteiger partial charge in [-0.15, -0.1) is 0 Å². The second-order valence-corrected chi connectivity index (χ2v) is 6.57. The monoisotopic (exact) mass is 343 g/mol. The van der Waals surface area contributed by atoms with Gasteiger partial charge in [0.15, 0.2) is 5.13 Å². The van der Waals surface area contributed by atoms with Crippen LogP contribution in [0.2, 0.25) is 0 Å². The molecule has 0 spiro atoms. The maximum absolute atomic E-state index is 12.4. The quantitative estimate of drug-likeness (QED) is 0.745. The van der Waals surface area contributed by atoms with E-state index in [2.05, 4.69) is 15.6 Å². The predicted octanol–water partition coefficient (Wildman–Crippen LogP) is 3.21. The molecule has 0 aliphatic rings. The fourth-order valence-corrected chi connectivity index (χ4v) is 3.31. The van der Waals surface area contributed by atoms with Crippen molar-refractivity contribution in [3.05, 3.63) is 47.9 Å². The summed E-state index contributed by atoms with van der Waals surface area (Å²) in [5, 5.41) is 6.14. The number of aromatic nitrogens is 1. The van der Waals surface area contributed by atoms with Crippen LogP contribution in [0.4, 0.5) is 5.13 Å². The molecule has 0 saturated heterocycles. The molecule has 0 aliphatic heterocycles. The zero-order valence-corrected chi connectivity index (χ0v) is 14.1. The molecule has 2 aromatic heterocycles. The Bertz CT molecular complexity index is 870. The van der Waals surface area contributed by atoms with E-state index in [-0.39, 0.29) is 17.9 Å². The summed E-state index contributed by atoms with van der Waals surface area (Å²) in [4.78, 5) is 27.8. The Morgan fingerprint density at radius 3 is 2.88 bits per heavy atom. The van der Waals surface area contributed by atoms with Crippen molar-refractivity contribution in [2.75, 3.05) is 5.32 Å². The van der Waals surface area contributed by atoms with Crippen molar-refractivity contribution in [3.8, 4) is 0 Å². The molecule has 1 atom stereocenters. The van der Waals surface area contributed by atoms with E-state index < -0.39 is 0 Å². The summed E-state index contributed by atoms with van der Waals surface area (Å²) in [5.41, 5.74) is 1.32. The molecule has 2 heterocycles. The van der Waals surface area contributed by atoms with Crippen molar-refractivity contribution in [2.45, 2.75) is 26.3 Å². The van der Waals surface area contributed by atoms with Crippen molar-refractivity contribution in [3.63, 3.8) is 0 Å². The van der Waals surface area contributed by atoms with Crippen LogP contribution in [-0.2, 0) is 11.2 Å². The van der Waals surface area contributed by atoms with Gasteiger partial charge in [-0.2, -0.15) is 0 Å². The van der Waals surface area contributed by atoms with Gasteiger partial charge < -0.3 is 15.1 Å². The third-order valence-electron chi connectivity index (χ3n) is 3.40. The average molecular weight is 343 g/mol. The number of nitrogens with one attached hydrogen (secondary N) is 2. The van der Waals surface area contributed by atoms with Gasteiger partial charge in [0.1, 0.15) is 5.76 Å². The number of carbonyl (C=O) groups is 2. The molecule has 0 bridgehead atoms. The highest BCUT2D eigenvalue weighted by atomic mass is 32.1. The SMILES string of the molecule is CC(=O)Nc1nc2ccc(C(=O)N[C@H](C)Cc3ccco3)cc2s1. The molecule has 2 amide bonds. The first-order valence-corrected chi connectivity index (χ1v) is 8.34. The number of benzene rings is 1. The van der Waals surface area contributed by atoms with Gasteiger partial charge in [-0.1, -0.05) is 11.3 Å². The molecule has 0 saturated carbocycles. The molecule has 0 unspecified atom stereocenters. The minimum absolute atomic E-state index is 0.0456. The zero-order chi connectivity index (χ0) is 17.1. The molecular weight excluding hydrogens is 326 g/mol. The standard InChI is InChI=1S/C17H17N3O3S/c1-10(8-13-4-3-7-23-13)18-16(22)12-5-6-14-15(9-12)24-17(20-14)19-11(2)21/h3-7,9-10H,8H2,1-2H3,(H,18,22)(H,19,20,21)/t10-/m1/s1. The van der Waals surface area contributed by atoms with Crippen molar-refractivity contribution in [2.24, 2.45) is 0 Å². The van der Waals surface area contributed by atoms with E-state index in [1.807, 2.05) is 19.1 Å². The molecule has 3 rings (SSSR count).